The van der Waals surface area contributed by atoms with E-state index >= 15 is 0 Å². The van der Waals surface area contributed by atoms with Crippen LogP contribution in [0.25, 0.3) is 0 Å². The molecule has 2 N–H and O–H groups in total. The van der Waals surface area contributed by atoms with Crippen LogP contribution in [0.3, 0.4) is 0 Å². The van der Waals surface area contributed by atoms with Crippen LogP contribution in [0.15, 0.2) is 11.4 Å². The zero-order valence-corrected chi connectivity index (χ0v) is 14.1. The third-order valence-electron chi connectivity index (χ3n) is 3.90. The standard InChI is InChI=1S/C15H26N2S2/c1-5-12(16)13(14-11(2)6-8-18-14)17-7-9-19-15(3,4)10-17/h6,8,12-13H,5,7,9-10,16H2,1-4H3. The zero-order chi connectivity index (χ0) is 14.0. The Bertz CT molecular complexity index is 414. The molecule has 4 heteroatoms. The third kappa shape index (κ3) is 3.54. The van der Waals surface area contributed by atoms with Crippen molar-refractivity contribution in [2.24, 2.45) is 5.73 Å². The number of nitrogens with zero attached hydrogens (tertiary/aromatic N) is 1. The van der Waals surface area contributed by atoms with Crippen LogP contribution in [0.2, 0.25) is 0 Å². The molecule has 0 amide bonds. The minimum Gasteiger partial charge on any atom is -0.326 e. The second-order valence-corrected chi connectivity index (χ2v) is 8.81. The molecule has 1 aliphatic rings. The molecule has 1 aliphatic heterocycles. The van der Waals surface area contributed by atoms with Gasteiger partial charge in [-0.05, 0) is 44.2 Å². The molecule has 0 aliphatic carbocycles. The van der Waals surface area contributed by atoms with E-state index in [0.717, 1.165) is 19.5 Å². The number of rotatable bonds is 4. The Hall–Kier alpha value is -0.0300. The Morgan fingerprint density at radius 2 is 2.21 bits per heavy atom. The first-order valence-electron chi connectivity index (χ1n) is 7.12. The van der Waals surface area contributed by atoms with E-state index in [-0.39, 0.29) is 6.04 Å². The van der Waals surface area contributed by atoms with Crippen LogP contribution in [0.5, 0.6) is 0 Å². The fourth-order valence-electron chi connectivity index (χ4n) is 2.83. The topological polar surface area (TPSA) is 29.3 Å². The van der Waals surface area contributed by atoms with E-state index in [1.807, 2.05) is 11.3 Å². The van der Waals surface area contributed by atoms with Crippen molar-refractivity contribution in [2.45, 2.75) is 50.9 Å². The van der Waals surface area contributed by atoms with Crippen molar-refractivity contribution in [1.29, 1.82) is 0 Å². The van der Waals surface area contributed by atoms with E-state index in [4.69, 9.17) is 5.73 Å². The molecule has 0 aromatic carbocycles. The van der Waals surface area contributed by atoms with Crippen LogP contribution in [-0.2, 0) is 0 Å². The predicted octanol–water partition coefficient (Wildman–Crippen LogP) is 3.66. The Labute approximate surface area is 125 Å². The Kier molecular flexibility index (Phi) is 4.99. The van der Waals surface area contributed by atoms with Crippen LogP contribution in [0.1, 0.15) is 43.7 Å². The molecule has 2 nitrogen and oxygen atoms in total. The highest BCUT2D eigenvalue weighted by atomic mass is 32.2. The Morgan fingerprint density at radius 1 is 1.47 bits per heavy atom. The summed E-state index contributed by atoms with van der Waals surface area (Å²) in [6.07, 6.45) is 1.03. The Balaban J connectivity index is 2.26. The van der Waals surface area contributed by atoms with E-state index < -0.39 is 0 Å². The highest BCUT2D eigenvalue weighted by Gasteiger charge is 2.35. The fraction of sp³-hybridized carbons (Fsp3) is 0.733. The molecule has 108 valence electrons. The van der Waals surface area contributed by atoms with Gasteiger partial charge in [-0.2, -0.15) is 11.8 Å². The zero-order valence-electron chi connectivity index (χ0n) is 12.5. The summed E-state index contributed by atoms with van der Waals surface area (Å²) in [4.78, 5) is 4.08. The molecule has 1 saturated heterocycles. The number of aryl methyl sites for hydroxylation is 1. The third-order valence-corrected chi connectivity index (χ3v) is 6.28. The lowest BCUT2D eigenvalue weighted by Crippen LogP contribution is -2.49. The van der Waals surface area contributed by atoms with Gasteiger partial charge in [-0.25, -0.2) is 0 Å². The summed E-state index contributed by atoms with van der Waals surface area (Å²) < 4.78 is 0.342. The van der Waals surface area contributed by atoms with E-state index in [0.29, 0.717) is 10.8 Å². The van der Waals surface area contributed by atoms with Crippen LogP contribution in [0.4, 0.5) is 0 Å². The highest BCUT2D eigenvalue weighted by Crippen LogP contribution is 2.38. The molecule has 0 radical (unpaired) electrons. The minimum absolute atomic E-state index is 0.233. The molecule has 1 fully saturated rings. The molecule has 2 heterocycles. The van der Waals surface area contributed by atoms with Gasteiger partial charge in [-0.3, -0.25) is 4.90 Å². The van der Waals surface area contributed by atoms with Crippen LogP contribution >= 0.6 is 23.1 Å². The summed E-state index contributed by atoms with van der Waals surface area (Å²) in [7, 11) is 0. The maximum absolute atomic E-state index is 6.45. The molecule has 2 rings (SSSR count). The lowest BCUT2D eigenvalue weighted by molar-refractivity contribution is 0.164. The average molecular weight is 299 g/mol. The van der Waals surface area contributed by atoms with Gasteiger partial charge in [0.25, 0.3) is 0 Å². The molecule has 2 unspecified atom stereocenters. The molecule has 0 spiro atoms. The lowest BCUT2D eigenvalue weighted by atomic mass is 9.99. The number of hydrogen-bond donors (Lipinski definition) is 1. The average Bonchev–Trinajstić information content (AvgIpc) is 2.75. The second kappa shape index (κ2) is 6.17. The SMILES string of the molecule is CCC(N)C(c1sccc1C)N1CCSC(C)(C)C1. The van der Waals surface area contributed by atoms with Gasteiger partial charge in [-0.15, -0.1) is 11.3 Å². The van der Waals surface area contributed by atoms with Crippen molar-refractivity contribution in [1.82, 2.24) is 4.90 Å². The van der Waals surface area contributed by atoms with Gasteiger partial charge in [0.2, 0.25) is 0 Å². The first kappa shape index (κ1) is 15.4. The minimum atomic E-state index is 0.233. The normalized spacial score (nSPS) is 23.2. The second-order valence-electron chi connectivity index (χ2n) is 6.06. The van der Waals surface area contributed by atoms with Crippen molar-refractivity contribution in [3.63, 3.8) is 0 Å². The van der Waals surface area contributed by atoms with Crippen LogP contribution in [0, 0.1) is 6.92 Å². The number of hydrogen-bond acceptors (Lipinski definition) is 4. The molecule has 0 bridgehead atoms. The van der Waals surface area contributed by atoms with E-state index in [2.05, 4.69) is 55.8 Å². The van der Waals surface area contributed by atoms with E-state index in [9.17, 15) is 0 Å². The van der Waals surface area contributed by atoms with Crippen LogP contribution < -0.4 is 5.73 Å². The molecule has 19 heavy (non-hydrogen) atoms. The molecule has 1 aromatic heterocycles. The van der Waals surface area contributed by atoms with Crippen molar-refractivity contribution in [3.05, 3.63) is 21.9 Å². The van der Waals surface area contributed by atoms with Crippen molar-refractivity contribution >= 4 is 23.1 Å². The largest absolute Gasteiger partial charge is 0.326 e. The summed E-state index contributed by atoms with van der Waals surface area (Å²) in [5.74, 6) is 1.21. The molecule has 1 aromatic rings. The molecular weight excluding hydrogens is 272 g/mol. The molecule has 2 atom stereocenters. The van der Waals surface area contributed by atoms with Gasteiger partial charge in [-0.1, -0.05) is 6.92 Å². The maximum Gasteiger partial charge on any atom is 0.0596 e. The molecular formula is C15H26N2S2. The van der Waals surface area contributed by atoms with Crippen molar-refractivity contribution in [3.8, 4) is 0 Å². The van der Waals surface area contributed by atoms with E-state index in [1.54, 1.807) is 0 Å². The maximum atomic E-state index is 6.45. The quantitative estimate of drug-likeness (QED) is 0.920. The van der Waals surface area contributed by atoms with Gasteiger partial charge < -0.3 is 5.73 Å². The fourth-order valence-corrected chi connectivity index (χ4v) is 5.10. The first-order chi connectivity index (χ1) is 8.94. The van der Waals surface area contributed by atoms with Gasteiger partial charge in [0.05, 0.1) is 6.04 Å². The number of thioether (sulfide) groups is 1. The van der Waals surface area contributed by atoms with E-state index in [1.165, 1.54) is 16.2 Å². The van der Waals surface area contributed by atoms with Gasteiger partial charge in [0, 0.05) is 34.5 Å². The monoisotopic (exact) mass is 298 g/mol. The summed E-state index contributed by atoms with van der Waals surface area (Å²) in [6.45, 7) is 11.4. The highest BCUT2D eigenvalue weighted by molar-refractivity contribution is 8.00. The number of nitrogens with two attached hydrogens (primary N) is 1. The predicted molar refractivity (Wildman–Crippen MR) is 88.2 cm³/mol. The van der Waals surface area contributed by atoms with Gasteiger partial charge >= 0.3 is 0 Å². The number of thiophene rings is 1. The van der Waals surface area contributed by atoms with Crippen LogP contribution in [-0.4, -0.2) is 34.5 Å². The lowest BCUT2D eigenvalue weighted by Gasteiger charge is -2.43. The summed E-state index contributed by atoms with van der Waals surface area (Å²) in [6, 6.07) is 2.85. The van der Waals surface area contributed by atoms with Gasteiger partial charge in [0.1, 0.15) is 0 Å². The summed E-state index contributed by atoms with van der Waals surface area (Å²) in [5.41, 5.74) is 7.85. The first-order valence-corrected chi connectivity index (χ1v) is 8.98. The van der Waals surface area contributed by atoms with Crippen molar-refractivity contribution < 1.29 is 0 Å². The van der Waals surface area contributed by atoms with Gasteiger partial charge in [0.15, 0.2) is 0 Å². The Morgan fingerprint density at radius 3 is 2.74 bits per heavy atom. The summed E-state index contributed by atoms with van der Waals surface area (Å²) >= 11 is 3.95. The smallest absolute Gasteiger partial charge is 0.0596 e. The molecule has 0 saturated carbocycles. The van der Waals surface area contributed by atoms with Crippen molar-refractivity contribution in [2.75, 3.05) is 18.8 Å². The summed E-state index contributed by atoms with van der Waals surface area (Å²) in [5, 5.41) is 2.20.